The number of hydrogen-bond acceptors (Lipinski definition) is 3. The van der Waals surface area contributed by atoms with Crippen molar-refractivity contribution in [2.75, 3.05) is 19.6 Å². The van der Waals surface area contributed by atoms with E-state index >= 15 is 0 Å². The molecule has 158 valence electrons. The maximum atomic E-state index is 12.9. The standard InChI is InChI=1S/C21H27F3N4O/c22-21(23,24)19-26-16-8-7-15(13-17(16)27-19)18(29)25-14-20(9-3-1-4-10-20)28-11-5-2-6-12-28/h7-8,13H,1-6,9-12,14H2,(H,25,29)(H,26,27). The number of rotatable bonds is 4. The second-order valence-electron chi connectivity index (χ2n) is 8.33. The van der Waals surface area contributed by atoms with Gasteiger partial charge in [-0.05, 0) is 57.0 Å². The van der Waals surface area contributed by atoms with E-state index in [0.29, 0.717) is 12.1 Å². The zero-order chi connectivity index (χ0) is 20.5. The van der Waals surface area contributed by atoms with Crippen molar-refractivity contribution in [3.63, 3.8) is 0 Å². The number of halogens is 3. The van der Waals surface area contributed by atoms with Gasteiger partial charge in [-0.25, -0.2) is 4.98 Å². The minimum Gasteiger partial charge on any atom is -0.350 e. The molecule has 1 aromatic heterocycles. The van der Waals surface area contributed by atoms with Crippen LogP contribution in [0.4, 0.5) is 13.2 Å². The molecule has 2 fully saturated rings. The smallest absolute Gasteiger partial charge is 0.350 e. The predicted molar refractivity (Wildman–Crippen MR) is 105 cm³/mol. The van der Waals surface area contributed by atoms with Crippen molar-refractivity contribution in [2.45, 2.75) is 63.1 Å². The van der Waals surface area contributed by atoms with Gasteiger partial charge < -0.3 is 10.3 Å². The number of piperidine rings is 1. The van der Waals surface area contributed by atoms with Gasteiger partial charge in [0.05, 0.1) is 11.0 Å². The maximum Gasteiger partial charge on any atom is 0.449 e. The Bertz CT molecular complexity index is 864. The van der Waals surface area contributed by atoms with Crippen molar-refractivity contribution in [3.05, 3.63) is 29.6 Å². The lowest BCUT2D eigenvalue weighted by Crippen LogP contribution is -2.58. The van der Waals surface area contributed by atoms with Gasteiger partial charge in [0.25, 0.3) is 5.91 Å². The fourth-order valence-electron chi connectivity index (χ4n) is 4.81. The molecule has 1 saturated heterocycles. The summed E-state index contributed by atoms with van der Waals surface area (Å²) in [5.41, 5.74) is 0.773. The Hall–Kier alpha value is -2.09. The molecule has 8 heteroatoms. The number of likely N-dealkylation sites (tertiary alicyclic amines) is 1. The van der Waals surface area contributed by atoms with Crippen LogP contribution in [0, 0.1) is 0 Å². The number of nitrogens with one attached hydrogen (secondary N) is 2. The molecular formula is C21H27F3N4O. The molecule has 29 heavy (non-hydrogen) atoms. The molecule has 4 rings (SSSR count). The highest BCUT2D eigenvalue weighted by atomic mass is 19.4. The lowest BCUT2D eigenvalue weighted by molar-refractivity contribution is -0.144. The topological polar surface area (TPSA) is 61.0 Å². The van der Waals surface area contributed by atoms with Crippen LogP contribution >= 0.6 is 0 Å². The van der Waals surface area contributed by atoms with Gasteiger partial charge in [-0.15, -0.1) is 0 Å². The third kappa shape index (κ3) is 4.27. The van der Waals surface area contributed by atoms with E-state index in [1.54, 1.807) is 0 Å². The van der Waals surface area contributed by atoms with Gasteiger partial charge in [0.2, 0.25) is 5.82 Å². The highest BCUT2D eigenvalue weighted by molar-refractivity contribution is 5.97. The van der Waals surface area contributed by atoms with Crippen molar-refractivity contribution >= 4 is 16.9 Å². The van der Waals surface area contributed by atoms with E-state index in [9.17, 15) is 18.0 Å². The highest BCUT2D eigenvalue weighted by Gasteiger charge is 2.38. The van der Waals surface area contributed by atoms with Crippen LogP contribution in [-0.2, 0) is 6.18 Å². The minimum absolute atomic E-state index is 0.00979. The summed E-state index contributed by atoms with van der Waals surface area (Å²) >= 11 is 0. The number of carbonyl (C=O) groups is 1. The largest absolute Gasteiger partial charge is 0.449 e. The lowest BCUT2D eigenvalue weighted by Gasteiger charge is -2.48. The van der Waals surface area contributed by atoms with Crippen molar-refractivity contribution < 1.29 is 18.0 Å². The molecule has 1 aromatic carbocycles. The number of nitrogens with zero attached hydrogens (tertiary/aromatic N) is 2. The number of amides is 1. The SMILES string of the molecule is O=C(NCC1(N2CCCCC2)CCCCC1)c1ccc2nc(C(F)(F)F)[nH]c2c1. The van der Waals surface area contributed by atoms with Crippen molar-refractivity contribution in [2.24, 2.45) is 0 Å². The lowest BCUT2D eigenvalue weighted by atomic mass is 9.79. The van der Waals surface area contributed by atoms with Crippen molar-refractivity contribution in [3.8, 4) is 0 Å². The molecule has 0 atom stereocenters. The summed E-state index contributed by atoms with van der Waals surface area (Å²) in [7, 11) is 0. The molecule has 1 amide bonds. The summed E-state index contributed by atoms with van der Waals surface area (Å²) in [6.45, 7) is 2.74. The molecule has 1 saturated carbocycles. The van der Waals surface area contributed by atoms with Gasteiger partial charge >= 0.3 is 6.18 Å². The Morgan fingerprint density at radius 1 is 1.10 bits per heavy atom. The van der Waals surface area contributed by atoms with Crippen LogP contribution in [0.15, 0.2) is 18.2 Å². The van der Waals surface area contributed by atoms with E-state index in [0.717, 1.165) is 25.9 Å². The zero-order valence-electron chi connectivity index (χ0n) is 16.4. The first kappa shape index (κ1) is 20.2. The molecule has 0 unspecified atom stereocenters. The van der Waals surface area contributed by atoms with Crippen LogP contribution in [0.25, 0.3) is 11.0 Å². The highest BCUT2D eigenvalue weighted by Crippen LogP contribution is 2.35. The maximum absolute atomic E-state index is 12.9. The van der Waals surface area contributed by atoms with Crippen LogP contribution < -0.4 is 5.32 Å². The molecule has 0 bridgehead atoms. The van der Waals surface area contributed by atoms with Gasteiger partial charge in [-0.1, -0.05) is 25.7 Å². The molecular weight excluding hydrogens is 381 g/mol. The summed E-state index contributed by atoms with van der Waals surface area (Å²) in [6.07, 6.45) is 4.89. The Morgan fingerprint density at radius 2 is 1.79 bits per heavy atom. The molecule has 0 spiro atoms. The molecule has 2 aliphatic rings. The number of H-pyrrole nitrogens is 1. The molecule has 2 aromatic rings. The first-order valence-corrected chi connectivity index (χ1v) is 10.5. The fourth-order valence-corrected chi connectivity index (χ4v) is 4.81. The Labute approximate surface area is 168 Å². The van der Waals surface area contributed by atoms with E-state index in [1.807, 2.05) is 0 Å². The van der Waals surface area contributed by atoms with Crippen LogP contribution in [0.1, 0.15) is 67.5 Å². The average molecular weight is 408 g/mol. The molecule has 1 aliphatic heterocycles. The first-order chi connectivity index (χ1) is 13.9. The molecule has 1 aliphatic carbocycles. The third-order valence-electron chi connectivity index (χ3n) is 6.40. The van der Waals surface area contributed by atoms with Gasteiger partial charge in [0, 0.05) is 17.6 Å². The second kappa shape index (κ2) is 7.97. The Balaban J connectivity index is 1.49. The number of imidazole rings is 1. The summed E-state index contributed by atoms with van der Waals surface area (Å²) < 4.78 is 38.6. The summed E-state index contributed by atoms with van der Waals surface area (Å²) in [5, 5.41) is 3.07. The number of aromatic nitrogens is 2. The van der Waals surface area contributed by atoms with Gasteiger partial charge in [-0.3, -0.25) is 9.69 Å². The molecule has 2 heterocycles. The van der Waals surface area contributed by atoms with E-state index < -0.39 is 12.0 Å². The van der Waals surface area contributed by atoms with Crippen LogP contribution in [-0.4, -0.2) is 45.9 Å². The normalized spacial score (nSPS) is 20.7. The number of hydrogen-bond donors (Lipinski definition) is 2. The predicted octanol–water partition coefficient (Wildman–Crippen LogP) is 4.50. The van der Waals surface area contributed by atoms with Crippen LogP contribution in [0.5, 0.6) is 0 Å². The molecule has 2 N–H and O–H groups in total. The summed E-state index contributed by atoms with van der Waals surface area (Å²) in [5.74, 6) is -1.30. The van der Waals surface area contributed by atoms with Crippen LogP contribution in [0.2, 0.25) is 0 Å². The summed E-state index contributed by atoms with van der Waals surface area (Å²) in [4.78, 5) is 21.2. The quantitative estimate of drug-likeness (QED) is 0.783. The van der Waals surface area contributed by atoms with Gasteiger partial charge in [0.1, 0.15) is 0 Å². The zero-order valence-corrected chi connectivity index (χ0v) is 16.4. The number of carbonyl (C=O) groups excluding carboxylic acids is 1. The van der Waals surface area contributed by atoms with E-state index in [-0.39, 0.29) is 22.5 Å². The Morgan fingerprint density at radius 3 is 2.48 bits per heavy atom. The first-order valence-electron chi connectivity index (χ1n) is 10.5. The second-order valence-corrected chi connectivity index (χ2v) is 8.33. The van der Waals surface area contributed by atoms with Crippen molar-refractivity contribution in [1.29, 1.82) is 0 Å². The number of benzene rings is 1. The third-order valence-corrected chi connectivity index (χ3v) is 6.40. The number of aromatic amines is 1. The molecule has 5 nitrogen and oxygen atoms in total. The van der Waals surface area contributed by atoms with Gasteiger partial charge in [-0.2, -0.15) is 13.2 Å². The van der Waals surface area contributed by atoms with E-state index in [2.05, 4.69) is 20.2 Å². The van der Waals surface area contributed by atoms with E-state index in [4.69, 9.17) is 0 Å². The fraction of sp³-hybridized carbons (Fsp3) is 0.619. The van der Waals surface area contributed by atoms with Crippen LogP contribution in [0.3, 0.4) is 0 Å². The summed E-state index contributed by atoms with van der Waals surface area (Å²) in [6, 6.07) is 4.44. The Kier molecular flexibility index (Phi) is 5.55. The van der Waals surface area contributed by atoms with Crippen molar-refractivity contribution in [1.82, 2.24) is 20.2 Å². The number of fused-ring (bicyclic) bond motifs is 1. The molecule has 0 radical (unpaired) electrons. The average Bonchev–Trinajstić information content (AvgIpc) is 3.17. The van der Waals surface area contributed by atoms with E-state index in [1.165, 1.54) is 56.7 Å². The minimum atomic E-state index is -4.54. The number of alkyl halides is 3. The monoisotopic (exact) mass is 408 g/mol. The van der Waals surface area contributed by atoms with Gasteiger partial charge in [0.15, 0.2) is 0 Å².